The Morgan fingerprint density at radius 1 is 1.36 bits per heavy atom. The largest absolute Gasteiger partial charge is 0.357 e. The van der Waals surface area contributed by atoms with E-state index in [1.807, 2.05) is 27.8 Å². The fraction of sp³-hybridized carbons (Fsp3) is 0.538. The lowest BCUT2D eigenvalue weighted by Crippen LogP contribution is -2.36. The summed E-state index contributed by atoms with van der Waals surface area (Å²) in [4.78, 5) is 14.4. The van der Waals surface area contributed by atoms with Crippen LogP contribution in [0.3, 0.4) is 0 Å². The summed E-state index contributed by atoms with van der Waals surface area (Å²) >= 11 is 1.71. The number of rotatable bonds is 5. The molecule has 122 valence electrons. The van der Waals surface area contributed by atoms with E-state index in [2.05, 4.69) is 30.7 Å². The highest BCUT2D eigenvalue weighted by Crippen LogP contribution is 2.16. The highest BCUT2D eigenvalue weighted by atomic mass is 127. The van der Waals surface area contributed by atoms with Crippen LogP contribution >= 0.6 is 35.3 Å². The topological polar surface area (TPSA) is 80.0 Å². The van der Waals surface area contributed by atoms with E-state index in [1.165, 1.54) is 11.2 Å². The minimum absolute atomic E-state index is 0. The molecule has 2 N–H and O–H groups in total. The zero-order valence-corrected chi connectivity index (χ0v) is 16.4. The zero-order chi connectivity index (χ0) is 15.2. The van der Waals surface area contributed by atoms with Crippen LogP contribution < -0.4 is 10.6 Å². The van der Waals surface area contributed by atoms with Crippen molar-refractivity contribution in [1.82, 2.24) is 30.4 Å². The van der Waals surface area contributed by atoms with E-state index in [9.17, 15) is 0 Å². The maximum absolute atomic E-state index is 4.52. The number of halogens is 1. The molecule has 0 aliphatic heterocycles. The fourth-order valence-corrected chi connectivity index (χ4v) is 2.73. The van der Waals surface area contributed by atoms with Crippen LogP contribution in [0.15, 0.2) is 11.3 Å². The second-order valence-corrected chi connectivity index (χ2v) is 5.88. The minimum Gasteiger partial charge on any atom is -0.357 e. The SMILES string of the molecule is CCNC(=NCc1ncnn1C)NCc1sc(C)nc1C.I. The van der Waals surface area contributed by atoms with Crippen molar-refractivity contribution in [3.05, 3.63) is 27.7 Å². The Hall–Kier alpha value is -1.23. The summed E-state index contributed by atoms with van der Waals surface area (Å²) in [6.45, 7) is 8.13. The molecule has 0 saturated carbocycles. The number of hydrogen-bond acceptors (Lipinski definition) is 5. The van der Waals surface area contributed by atoms with Crippen molar-refractivity contribution in [1.29, 1.82) is 0 Å². The molecule has 9 heteroatoms. The zero-order valence-electron chi connectivity index (χ0n) is 13.3. The number of aromatic nitrogens is 4. The van der Waals surface area contributed by atoms with Crippen molar-refractivity contribution in [3.8, 4) is 0 Å². The maximum Gasteiger partial charge on any atom is 0.191 e. The first-order valence-corrected chi connectivity index (χ1v) is 7.69. The van der Waals surface area contributed by atoms with Crippen LogP contribution in [0, 0.1) is 13.8 Å². The van der Waals surface area contributed by atoms with Crippen LogP contribution in [0.1, 0.15) is 28.3 Å². The normalized spacial score (nSPS) is 11.2. The van der Waals surface area contributed by atoms with Gasteiger partial charge in [0, 0.05) is 18.5 Å². The van der Waals surface area contributed by atoms with Gasteiger partial charge in [0.25, 0.3) is 0 Å². The summed E-state index contributed by atoms with van der Waals surface area (Å²) in [6.07, 6.45) is 1.54. The fourth-order valence-electron chi connectivity index (χ4n) is 1.86. The summed E-state index contributed by atoms with van der Waals surface area (Å²) in [5.74, 6) is 1.60. The van der Waals surface area contributed by atoms with Crippen molar-refractivity contribution < 1.29 is 0 Å². The van der Waals surface area contributed by atoms with Gasteiger partial charge in [0.2, 0.25) is 0 Å². The van der Waals surface area contributed by atoms with E-state index in [1.54, 1.807) is 16.0 Å². The molecule has 0 spiro atoms. The molecular formula is C13H22IN7S. The van der Waals surface area contributed by atoms with Gasteiger partial charge in [-0.1, -0.05) is 0 Å². The quantitative estimate of drug-likeness (QED) is 0.425. The van der Waals surface area contributed by atoms with E-state index in [0.717, 1.165) is 35.6 Å². The van der Waals surface area contributed by atoms with Gasteiger partial charge in [-0.05, 0) is 20.8 Å². The second-order valence-electron chi connectivity index (χ2n) is 4.59. The first-order valence-electron chi connectivity index (χ1n) is 6.88. The third-order valence-electron chi connectivity index (χ3n) is 2.94. The predicted molar refractivity (Wildman–Crippen MR) is 99.7 cm³/mol. The van der Waals surface area contributed by atoms with Crippen LogP contribution in [-0.2, 0) is 20.1 Å². The lowest BCUT2D eigenvalue weighted by atomic mass is 10.4. The Morgan fingerprint density at radius 3 is 2.68 bits per heavy atom. The highest BCUT2D eigenvalue weighted by molar-refractivity contribution is 14.0. The number of aryl methyl sites for hydroxylation is 3. The molecule has 2 heterocycles. The van der Waals surface area contributed by atoms with E-state index in [4.69, 9.17) is 0 Å². The first kappa shape index (κ1) is 18.8. The van der Waals surface area contributed by atoms with Gasteiger partial charge in [-0.2, -0.15) is 5.10 Å². The standard InChI is InChI=1S/C13H21N7S.HI/c1-5-14-13(16-7-12-17-8-18-20(12)4)15-6-11-9(2)19-10(3)21-11;/h8H,5-7H2,1-4H3,(H2,14,15,16);1H. The van der Waals surface area contributed by atoms with Crippen LogP contribution in [0.2, 0.25) is 0 Å². The Morgan fingerprint density at radius 2 is 2.14 bits per heavy atom. The van der Waals surface area contributed by atoms with Crippen LogP contribution in [-0.4, -0.2) is 32.3 Å². The van der Waals surface area contributed by atoms with Crippen molar-refractivity contribution in [3.63, 3.8) is 0 Å². The molecule has 0 aromatic carbocycles. The van der Waals surface area contributed by atoms with Gasteiger partial charge in [-0.3, -0.25) is 4.68 Å². The summed E-state index contributed by atoms with van der Waals surface area (Å²) in [5.41, 5.74) is 1.08. The number of nitrogens with zero attached hydrogens (tertiary/aromatic N) is 5. The van der Waals surface area contributed by atoms with Crippen molar-refractivity contribution >= 4 is 41.3 Å². The van der Waals surface area contributed by atoms with E-state index in [-0.39, 0.29) is 24.0 Å². The molecule has 0 amide bonds. The monoisotopic (exact) mass is 435 g/mol. The second kappa shape index (κ2) is 9.03. The number of aliphatic imine (C=N–C) groups is 1. The lowest BCUT2D eigenvalue weighted by molar-refractivity contribution is 0.697. The first-order chi connectivity index (χ1) is 10.1. The average molecular weight is 435 g/mol. The van der Waals surface area contributed by atoms with Crippen molar-refractivity contribution in [2.24, 2.45) is 12.0 Å². The van der Waals surface area contributed by atoms with Gasteiger partial charge in [0.05, 0.1) is 17.2 Å². The van der Waals surface area contributed by atoms with Crippen LogP contribution in [0.5, 0.6) is 0 Å². The Bertz CT molecular complexity index is 620. The smallest absolute Gasteiger partial charge is 0.191 e. The third kappa shape index (κ3) is 5.20. The number of nitrogens with one attached hydrogen (secondary N) is 2. The predicted octanol–water partition coefficient (Wildman–Crippen LogP) is 1.76. The Kier molecular flexibility index (Phi) is 7.73. The summed E-state index contributed by atoms with van der Waals surface area (Å²) < 4.78 is 1.73. The molecule has 7 nitrogen and oxygen atoms in total. The van der Waals surface area contributed by atoms with Gasteiger partial charge < -0.3 is 10.6 Å². The van der Waals surface area contributed by atoms with Gasteiger partial charge >= 0.3 is 0 Å². The molecule has 2 aromatic rings. The molecule has 0 aliphatic carbocycles. The summed E-state index contributed by atoms with van der Waals surface area (Å²) in [5, 5.41) is 11.7. The van der Waals surface area contributed by atoms with Gasteiger partial charge in [-0.15, -0.1) is 35.3 Å². The molecule has 2 aromatic heterocycles. The van der Waals surface area contributed by atoms with E-state index < -0.39 is 0 Å². The van der Waals surface area contributed by atoms with Crippen molar-refractivity contribution in [2.45, 2.75) is 33.9 Å². The number of thiazole rings is 1. The van der Waals surface area contributed by atoms with Gasteiger partial charge in [-0.25, -0.2) is 15.0 Å². The number of guanidine groups is 1. The average Bonchev–Trinajstić information content (AvgIpc) is 2.99. The molecule has 2 rings (SSSR count). The minimum atomic E-state index is 0. The molecule has 0 atom stereocenters. The molecule has 0 aliphatic rings. The van der Waals surface area contributed by atoms with Crippen molar-refractivity contribution in [2.75, 3.05) is 6.54 Å². The Labute approximate surface area is 151 Å². The molecule has 0 bridgehead atoms. The highest BCUT2D eigenvalue weighted by Gasteiger charge is 2.06. The van der Waals surface area contributed by atoms with Gasteiger partial charge in [0.15, 0.2) is 5.96 Å². The van der Waals surface area contributed by atoms with Crippen LogP contribution in [0.4, 0.5) is 0 Å². The number of hydrogen-bond donors (Lipinski definition) is 2. The summed E-state index contributed by atoms with van der Waals surface area (Å²) in [7, 11) is 1.86. The third-order valence-corrected chi connectivity index (χ3v) is 4.02. The van der Waals surface area contributed by atoms with E-state index >= 15 is 0 Å². The Balaban J connectivity index is 0.00000242. The maximum atomic E-state index is 4.52. The molecular weight excluding hydrogens is 413 g/mol. The van der Waals surface area contributed by atoms with Crippen LogP contribution in [0.25, 0.3) is 0 Å². The van der Waals surface area contributed by atoms with Gasteiger partial charge in [0.1, 0.15) is 18.7 Å². The lowest BCUT2D eigenvalue weighted by Gasteiger charge is -2.10. The molecule has 0 radical (unpaired) electrons. The molecule has 0 saturated heterocycles. The van der Waals surface area contributed by atoms with E-state index in [0.29, 0.717) is 6.54 Å². The summed E-state index contributed by atoms with van der Waals surface area (Å²) in [6, 6.07) is 0. The molecule has 22 heavy (non-hydrogen) atoms. The molecule has 0 fully saturated rings. The molecule has 0 unspecified atom stereocenters.